The molecule has 182 valence electrons. The Kier molecular flexibility index (Phi) is 10.5. The van der Waals surface area contributed by atoms with Crippen LogP contribution < -0.4 is 9.47 Å². The van der Waals surface area contributed by atoms with Crippen LogP contribution in [-0.4, -0.2) is 88.3 Å². The number of hydrogen-bond acceptors (Lipinski definition) is 6. The number of ether oxygens (including phenoxy) is 3. The van der Waals surface area contributed by atoms with Gasteiger partial charge in [-0.15, -0.1) is 11.3 Å². The van der Waals surface area contributed by atoms with Crippen molar-refractivity contribution in [1.82, 2.24) is 14.7 Å². The van der Waals surface area contributed by atoms with E-state index in [-0.39, 0.29) is 18.5 Å². The Hall–Kier alpha value is -2.78. The van der Waals surface area contributed by atoms with Gasteiger partial charge in [0, 0.05) is 44.0 Å². The Morgan fingerprint density at radius 1 is 0.939 bits per heavy atom. The molecule has 0 unspecified atom stereocenters. The molecule has 8 nitrogen and oxygen atoms in total. The molecule has 0 aliphatic heterocycles. The zero-order chi connectivity index (χ0) is 24.4. The molecular formula is C24H35N3O5S. The monoisotopic (exact) mass is 477 g/mol. The molecule has 0 fully saturated rings. The largest absolute Gasteiger partial charge is 0.493 e. The number of thiophene rings is 1. The Morgan fingerprint density at radius 2 is 1.67 bits per heavy atom. The number of urea groups is 1. The predicted octanol–water partition coefficient (Wildman–Crippen LogP) is 3.28. The van der Waals surface area contributed by atoms with Gasteiger partial charge in [-0.05, 0) is 43.2 Å². The van der Waals surface area contributed by atoms with Gasteiger partial charge in [-0.1, -0.05) is 6.07 Å². The number of nitrogens with zero attached hydrogens (tertiary/aromatic N) is 3. The maximum Gasteiger partial charge on any atom is 0.320 e. The van der Waals surface area contributed by atoms with E-state index < -0.39 is 0 Å². The van der Waals surface area contributed by atoms with Crippen molar-refractivity contribution in [1.29, 1.82) is 0 Å². The number of hydrogen-bond donors (Lipinski definition) is 0. The molecule has 0 spiro atoms. The minimum absolute atomic E-state index is 0.00331. The third kappa shape index (κ3) is 7.94. The standard InChI is InChI=1S/C24H35N3O5S/c1-18-7-9-20(33-18)16-26(12-11-19-8-10-21(31-5)22(15-19)32-6)23(28)17-27(13-14-30-4)24(29)25(2)3/h7-10,15H,11-14,16-17H2,1-6H3. The summed E-state index contributed by atoms with van der Waals surface area (Å²) in [7, 11) is 8.14. The summed E-state index contributed by atoms with van der Waals surface area (Å²) < 4.78 is 15.8. The first-order valence-electron chi connectivity index (χ1n) is 10.8. The quantitative estimate of drug-likeness (QED) is 0.469. The van der Waals surface area contributed by atoms with E-state index in [0.717, 1.165) is 10.4 Å². The van der Waals surface area contributed by atoms with Gasteiger partial charge in [-0.2, -0.15) is 0 Å². The Balaban J connectivity index is 2.18. The molecule has 3 amide bonds. The molecule has 0 aliphatic carbocycles. The minimum Gasteiger partial charge on any atom is -0.493 e. The topological polar surface area (TPSA) is 71.5 Å². The SMILES string of the molecule is COCCN(CC(=O)N(CCc1ccc(OC)c(OC)c1)Cc1ccc(C)s1)C(=O)N(C)C. The summed E-state index contributed by atoms with van der Waals surface area (Å²) in [5, 5.41) is 0. The molecule has 0 N–H and O–H groups in total. The zero-order valence-corrected chi connectivity index (χ0v) is 21.2. The molecule has 1 aromatic heterocycles. The number of methoxy groups -OCH3 is 3. The highest BCUT2D eigenvalue weighted by Crippen LogP contribution is 2.28. The van der Waals surface area contributed by atoms with Gasteiger partial charge in [-0.3, -0.25) is 4.79 Å². The third-order valence-corrected chi connectivity index (χ3v) is 6.14. The van der Waals surface area contributed by atoms with Gasteiger partial charge in [0.15, 0.2) is 11.5 Å². The lowest BCUT2D eigenvalue weighted by molar-refractivity contribution is -0.132. The lowest BCUT2D eigenvalue weighted by Gasteiger charge is -2.29. The smallest absolute Gasteiger partial charge is 0.320 e. The van der Waals surface area contributed by atoms with Crippen molar-refractivity contribution in [3.05, 3.63) is 45.6 Å². The molecule has 0 atom stereocenters. The molecule has 9 heteroatoms. The molecule has 0 aliphatic rings. The fourth-order valence-corrected chi connectivity index (χ4v) is 4.25. The Bertz CT molecular complexity index is 915. The molecule has 33 heavy (non-hydrogen) atoms. The van der Waals surface area contributed by atoms with E-state index in [2.05, 4.69) is 6.07 Å². The maximum absolute atomic E-state index is 13.3. The number of carbonyl (C=O) groups is 2. The summed E-state index contributed by atoms with van der Waals surface area (Å²) in [6, 6.07) is 9.65. The average Bonchev–Trinajstić information content (AvgIpc) is 3.22. The van der Waals surface area contributed by atoms with Gasteiger partial charge in [0.05, 0.1) is 27.4 Å². The van der Waals surface area contributed by atoms with Crippen LogP contribution in [0.5, 0.6) is 11.5 Å². The highest BCUT2D eigenvalue weighted by molar-refractivity contribution is 7.11. The van der Waals surface area contributed by atoms with Gasteiger partial charge in [0.2, 0.25) is 5.91 Å². The van der Waals surface area contributed by atoms with Gasteiger partial charge >= 0.3 is 6.03 Å². The van der Waals surface area contributed by atoms with Crippen molar-refractivity contribution in [2.75, 3.05) is 61.7 Å². The van der Waals surface area contributed by atoms with Gasteiger partial charge in [-0.25, -0.2) is 4.79 Å². The molecule has 0 saturated heterocycles. The number of aryl methyl sites for hydroxylation is 1. The first kappa shape index (κ1) is 26.5. The van der Waals surface area contributed by atoms with Crippen molar-refractivity contribution in [3.63, 3.8) is 0 Å². The van der Waals surface area contributed by atoms with Crippen LogP contribution in [0.4, 0.5) is 4.79 Å². The molecule has 0 radical (unpaired) electrons. The van der Waals surface area contributed by atoms with Crippen LogP contribution in [0.1, 0.15) is 15.3 Å². The third-order valence-electron chi connectivity index (χ3n) is 5.16. The van der Waals surface area contributed by atoms with Gasteiger partial charge in [0.1, 0.15) is 6.54 Å². The van der Waals surface area contributed by atoms with E-state index in [0.29, 0.717) is 44.2 Å². The number of benzene rings is 1. The summed E-state index contributed by atoms with van der Waals surface area (Å²) in [4.78, 5) is 33.0. The lowest BCUT2D eigenvalue weighted by Crippen LogP contribution is -2.47. The summed E-state index contributed by atoms with van der Waals surface area (Å²) in [5.41, 5.74) is 1.04. The summed E-state index contributed by atoms with van der Waals surface area (Å²) >= 11 is 1.67. The molecule has 2 rings (SSSR count). The van der Waals surface area contributed by atoms with E-state index in [9.17, 15) is 9.59 Å². The van der Waals surface area contributed by atoms with Crippen molar-refractivity contribution in [2.45, 2.75) is 19.9 Å². The molecule has 0 bridgehead atoms. The van der Waals surface area contributed by atoms with Crippen LogP contribution in [0.15, 0.2) is 30.3 Å². The zero-order valence-electron chi connectivity index (χ0n) is 20.4. The van der Waals surface area contributed by atoms with E-state index in [1.54, 1.807) is 46.8 Å². The van der Waals surface area contributed by atoms with E-state index in [1.165, 1.54) is 14.7 Å². The van der Waals surface area contributed by atoms with Crippen molar-refractivity contribution >= 4 is 23.3 Å². The first-order valence-corrected chi connectivity index (χ1v) is 11.6. The Morgan fingerprint density at radius 3 is 2.24 bits per heavy atom. The molecule has 0 saturated carbocycles. The number of amides is 3. The van der Waals surface area contributed by atoms with Crippen LogP contribution >= 0.6 is 11.3 Å². The molecule has 1 aromatic carbocycles. The van der Waals surface area contributed by atoms with Crippen LogP contribution in [0.25, 0.3) is 0 Å². The first-order chi connectivity index (χ1) is 15.8. The second-order valence-electron chi connectivity index (χ2n) is 7.86. The highest BCUT2D eigenvalue weighted by Gasteiger charge is 2.23. The predicted molar refractivity (Wildman–Crippen MR) is 130 cm³/mol. The summed E-state index contributed by atoms with van der Waals surface area (Å²) in [5.74, 6) is 1.22. The average molecular weight is 478 g/mol. The fraction of sp³-hybridized carbons (Fsp3) is 0.500. The minimum atomic E-state index is -0.216. The van der Waals surface area contributed by atoms with Gasteiger partial charge < -0.3 is 28.9 Å². The van der Waals surface area contributed by atoms with E-state index in [4.69, 9.17) is 14.2 Å². The molecular weight excluding hydrogens is 442 g/mol. The molecule has 1 heterocycles. The fourth-order valence-electron chi connectivity index (χ4n) is 3.34. The lowest BCUT2D eigenvalue weighted by atomic mass is 10.1. The second-order valence-corrected chi connectivity index (χ2v) is 9.23. The van der Waals surface area contributed by atoms with Crippen molar-refractivity contribution in [2.24, 2.45) is 0 Å². The number of carbonyl (C=O) groups excluding carboxylic acids is 2. The summed E-state index contributed by atoms with van der Waals surface area (Å²) in [6.07, 6.45) is 0.649. The van der Waals surface area contributed by atoms with Crippen LogP contribution in [0.2, 0.25) is 0 Å². The Labute approximate surface area is 200 Å². The highest BCUT2D eigenvalue weighted by atomic mass is 32.1. The van der Waals surface area contributed by atoms with Crippen molar-refractivity contribution < 1.29 is 23.8 Å². The van der Waals surface area contributed by atoms with Crippen LogP contribution in [0, 0.1) is 6.92 Å². The number of rotatable bonds is 12. The van der Waals surface area contributed by atoms with Crippen LogP contribution in [-0.2, 0) is 22.5 Å². The summed E-state index contributed by atoms with van der Waals surface area (Å²) in [6.45, 7) is 3.77. The maximum atomic E-state index is 13.3. The van der Waals surface area contributed by atoms with Gasteiger partial charge in [0.25, 0.3) is 0 Å². The van der Waals surface area contributed by atoms with Crippen LogP contribution in [0.3, 0.4) is 0 Å². The van der Waals surface area contributed by atoms with E-state index >= 15 is 0 Å². The normalized spacial score (nSPS) is 10.6. The second kappa shape index (κ2) is 13.1. The molecule has 2 aromatic rings. The van der Waals surface area contributed by atoms with Crippen molar-refractivity contribution in [3.8, 4) is 11.5 Å². The van der Waals surface area contributed by atoms with E-state index in [1.807, 2.05) is 36.1 Å².